The normalized spacial score (nSPS) is 10.4. The smallest absolute Gasteiger partial charge is 0.338 e. The van der Waals surface area contributed by atoms with Gasteiger partial charge in [-0.1, -0.05) is 42.5 Å². The van der Waals surface area contributed by atoms with Gasteiger partial charge < -0.3 is 10.4 Å². The van der Waals surface area contributed by atoms with Crippen molar-refractivity contribution in [1.82, 2.24) is 0 Å². The van der Waals surface area contributed by atoms with Crippen LogP contribution in [0.15, 0.2) is 60.7 Å². The van der Waals surface area contributed by atoms with E-state index in [0.717, 1.165) is 10.4 Å². The van der Waals surface area contributed by atoms with Crippen molar-refractivity contribution in [3.8, 4) is 10.4 Å². The minimum absolute atomic E-state index is 0.0396. The molecule has 1 heterocycles. The van der Waals surface area contributed by atoms with Gasteiger partial charge in [0.1, 0.15) is 10.8 Å². The molecule has 1 amide bonds. The van der Waals surface area contributed by atoms with Gasteiger partial charge in [0.05, 0.1) is 12.0 Å². The molecule has 126 valence electrons. The number of carboxylic acid groups (broad SMARTS) is 1. The van der Waals surface area contributed by atoms with Gasteiger partial charge >= 0.3 is 5.97 Å². The monoisotopic (exact) mass is 355 g/mol. The number of carbonyl (C=O) groups is 2. The van der Waals surface area contributed by atoms with E-state index in [4.69, 9.17) is 0 Å². The van der Waals surface area contributed by atoms with Crippen LogP contribution in [0, 0.1) is 5.82 Å². The summed E-state index contributed by atoms with van der Waals surface area (Å²) in [5.74, 6) is -1.82. The van der Waals surface area contributed by atoms with E-state index in [-0.39, 0.29) is 23.7 Å². The van der Waals surface area contributed by atoms with Crippen LogP contribution in [0.5, 0.6) is 0 Å². The summed E-state index contributed by atoms with van der Waals surface area (Å²) in [7, 11) is 0. The van der Waals surface area contributed by atoms with Crippen LogP contribution in [-0.2, 0) is 11.2 Å². The summed E-state index contributed by atoms with van der Waals surface area (Å²) in [6, 6.07) is 16.5. The molecular formula is C19H14FNO3S. The topological polar surface area (TPSA) is 66.4 Å². The predicted octanol–water partition coefficient (Wildman–Crippen LogP) is 4.43. The fourth-order valence-corrected chi connectivity index (χ4v) is 3.42. The van der Waals surface area contributed by atoms with Crippen molar-refractivity contribution >= 4 is 28.2 Å². The summed E-state index contributed by atoms with van der Waals surface area (Å²) in [4.78, 5) is 24.4. The van der Waals surface area contributed by atoms with E-state index in [1.54, 1.807) is 6.07 Å². The van der Waals surface area contributed by atoms with Gasteiger partial charge in [-0.25, -0.2) is 9.18 Å². The number of benzene rings is 2. The molecule has 25 heavy (non-hydrogen) atoms. The molecule has 0 aliphatic carbocycles. The van der Waals surface area contributed by atoms with Crippen LogP contribution in [0.2, 0.25) is 0 Å². The molecule has 3 rings (SSSR count). The van der Waals surface area contributed by atoms with Gasteiger partial charge in [0.15, 0.2) is 0 Å². The number of rotatable bonds is 5. The van der Waals surface area contributed by atoms with Gasteiger partial charge in [0.25, 0.3) is 0 Å². The summed E-state index contributed by atoms with van der Waals surface area (Å²) in [6.07, 6.45) is 0.0396. The van der Waals surface area contributed by atoms with Crippen molar-refractivity contribution in [1.29, 1.82) is 0 Å². The van der Waals surface area contributed by atoms with Gasteiger partial charge in [0.2, 0.25) is 5.91 Å². The molecule has 2 N–H and O–H groups in total. The number of halogens is 1. The van der Waals surface area contributed by atoms with E-state index in [1.807, 2.05) is 30.3 Å². The molecule has 4 nitrogen and oxygen atoms in total. The van der Waals surface area contributed by atoms with E-state index in [0.29, 0.717) is 10.6 Å². The SMILES string of the molecule is O=C(Cc1ccc(F)cc1)Nc1sc(-c2ccccc2)cc1C(=O)O. The van der Waals surface area contributed by atoms with Gasteiger partial charge in [0, 0.05) is 4.88 Å². The maximum Gasteiger partial charge on any atom is 0.338 e. The second kappa shape index (κ2) is 7.27. The number of hydrogen-bond acceptors (Lipinski definition) is 3. The number of anilines is 1. The summed E-state index contributed by atoms with van der Waals surface area (Å²) in [5.41, 5.74) is 1.58. The lowest BCUT2D eigenvalue weighted by atomic mass is 10.1. The number of thiophene rings is 1. The van der Waals surface area contributed by atoms with E-state index < -0.39 is 5.97 Å². The Hall–Kier alpha value is -2.99. The van der Waals surface area contributed by atoms with Crippen molar-refractivity contribution in [3.63, 3.8) is 0 Å². The van der Waals surface area contributed by atoms with Gasteiger partial charge in [-0.2, -0.15) is 0 Å². The average Bonchev–Trinajstić information content (AvgIpc) is 3.02. The third kappa shape index (κ3) is 4.10. The molecule has 0 saturated heterocycles. The number of nitrogens with one attached hydrogen (secondary N) is 1. The molecule has 0 saturated carbocycles. The Morgan fingerprint density at radius 2 is 1.72 bits per heavy atom. The lowest BCUT2D eigenvalue weighted by Crippen LogP contribution is -2.15. The Kier molecular flexibility index (Phi) is 4.90. The Balaban J connectivity index is 1.81. The average molecular weight is 355 g/mol. The lowest BCUT2D eigenvalue weighted by molar-refractivity contribution is -0.115. The first-order valence-corrected chi connectivity index (χ1v) is 8.31. The Bertz CT molecular complexity index is 904. The van der Waals surface area contributed by atoms with Gasteiger partial charge in [-0.05, 0) is 29.3 Å². The predicted molar refractivity (Wildman–Crippen MR) is 95.4 cm³/mol. The zero-order valence-corrected chi connectivity index (χ0v) is 13.8. The van der Waals surface area contributed by atoms with Crippen molar-refractivity contribution in [2.75, 3.05) is 5.32 Å². The van der Waals surface area contributed by atoms with Crippen molar-refractivity contribution in [3.05, 3.63) is 77.6 Å². The standard InChI is InChI=1S/C19H14FNO3S/c20-14-8-6-12(7-9-14)10-17(22)21-18-15(19(23)24)11-16(25-18)13-4-2-1-3-5-13/h1-9,11H,10H2,(H,21,22)(H,23,24). The van der Waals surface area contributed by atoms with Gasteiger partial charge in [-0.3, -0.25) is 4.79 Å². The third-order valence-corrected chi connectivity index (χ3v) is 4.65. The maximum atomic E-state index is 12.9. The molecule has 0 atom stereocenters. The third-order valence-electron chi connectivity index (χ3n) is 3.55. The van der Waals surface area contributed by atoms with E-state index in [2.05, 4.69) is 5.32 Å². The first-order chi connectivity index (χ1) is 12.0. The van der Waals surface area contributed by atoms with Crippen molar-refractivity contribution < 1.29 is 19.1 Å². The van der Waals surface area contributed by atoms with Crippen LogP contribution in [0.4, 0.5) is 9.39 Å². The molecule has 0 fully saturated rings. The minimum atomic E-state index is -1.10. The molecule has 0 aliphatic rings. The molecule has 0 radical (unpaired) electrons. The highest BCUT2D eigenvalue weighted by molar-refractivity contribution is 7.20. The highest BCUT2D eigenvalue weighted by atomic mass is 32.1. The summed E-state index contributed by atoms with van der Waals surface area (Å²) >= 11 is 1.21. The molecular weight excluding hydrogens is 341 g/mol. The zero-order chi connectivity index (χ0) is 17.8. The molecule has 0 unspecified atom stereocenters. The Morgan fingerprint density at radius 1 is 1.04 bits per heavy atom. The largest absolute Gasteiger partial charge is 0.478 e. The summed E-state index contributed by atoms with van der Waals surface area (Å²) in [5, 5.41) is 12.3. The van der Waals surface area contributed by atoms with Crippen LogP contribution in [-0.4, -0.2) is 17.0 Å². The number of aromatic carboxylic acids is 1. The number of carbonyl (C=O) groups excluding carboxylic acids is 1. The quantitative estimate of drug-likeness (QED) is 0.711. The number of amides is 1. The van der Waals surface area contributed by atoms with Crippen LogP contribution in [0.1, 0.15) is 15.9 Å². The number of carboxylic acids is 1. The second-order valence-electron chi connectivity index (χ2n) is 5.38. The summed E-state index contributed by atoms with van der Waals surface area (Å²) < 4.78 is 12.9. The Morgan fingerprint density at radius 3 is 2.36 bits per heavy atom. The summed E-state index contributed by atoms with van der Waals surface area (Å²) in [6.45, 7) is 0. The van der Waals surface area contributed by atoms with Crippen LogP contribution in [0.25, 0.3) is 10.4 Å². The lowest BCUT2D eigenvalue weighted by Gasteiger charge is -2.04. The second-order valence-corrected chi connectivity index (χ2v) is 6.43. The zero-order valence-electron chi connectivity index (χ0n) is 13.0. The molecule has 1 aromatic heterocycles. The molecule has 3 aromatic rings. The molecule has 0 spiro atoms. The fraction of sp³-hybridized carbons (Fsp3) is 0.0526. The number of hydrogen-bond donors (Lipinski definition) is 2. The van der Waals surface area contributed by atoms with Gasteiger partial charge in [-0.15, -0.1) is 11.3 Å². The maximum absolute atomic E-state index is 12.9. The molecule has 0 aliphatic heterocycles. The molecule has 6 heteroatoms. The van der Waals surface area contributed by atoms with Crippen LogP contribution >= 0.6 is 11.3 Å². The fourth-order valence-electron chi connectivity index (χ4n) is 2.35. The highest BCUT2D eigenvalue weighted by Gasteiger charge is 2.18. The van der Waals surface area contributed by atoms with E-state index >= 15 is 0 Å². The molecule has 0 bridgehead atoms. The van der Waals surface area contributed by atoms with E-state index in [1.165, 1.54) is 35.6 Å². The Labute approximate surface area is 147 Å². The van der Waals surface area contributed by atoms with Crippen molar-refractivity contribution in [2.24, 2.45) is 0 Å². The molecule has 2 aromatic carbocycles. The van der Waals surface area contributed by atoms with Crippen LogP contribution in [0.3, 0.4) is 0 Å². The van der Waals surface area contributed by atoms with Crippen LogP contribution < -0.4 is 5.32 Å². The first-order valence-electron chi connectivity index (χ1n) is 7.50. The minimum Gasteiger partial charge on any atom is -0.478 e. The van der Waals surface area contributed by atoms with Crippen molar-refractivity contribution in [2.45, 2.75) is 6.42 Å². The first kappa shape index (κ1) is 16.9. The highest BCUT2D eigenvalue weighted by Crippen LogP contribution is 2.35. The van der Waals surface area contributed by atoms with E-state index in [9.17, 15) is 19.1 Å².